The summed E-state index contributed by atoms with van der Waals surface area (Å²) in [5.41, 5.74) is 5.39. The van der Waals surface area contributed by atoms with Crippen LogP contribution in [-0.4, -0.2) is 27.2 Å². The van der Waals surface area contributed by atoms with Gasteiger partial charge in [-0.05, 0) is 27.2 Å². The standard InChI is InChI=1S/C11H19N5O3/c1-7(2)15-11(13-6-4-5-9(12)17)10(16(18)19)8(3)14-15/h7,13H,4-6H2,1-3H3,(H2,12,17). The van der Waals surface area contributed by atoms with E-state index >= 15 is 0 Å². The molecule has 1 aromatic heterocycles. The number of aromatic nitrogens is 2. The van der Waals surface area contributed by atoms with E-state index < -0.39 is 4.92 Å². The van der Waals surface area contributed by atoms with Crippen molar-refractivity contribution in [3.8, 4) is 0 Å². The van der Waals surface area contributed by atoms with Crippen molar-refractivity contribution in [3.63, 3.8) is 0 Å². The van der Waals surface area contributed by atoms with Crippen LogP contribution in [0.25, 0.3) is 0 Å². The first kappa shape index (κ1) is 14.9. The van der Waals surface area contributed by atoms with Gasteiger partial charge in [0.15, 0.2) is 0 Å². The van der Waals surface area contributed by atoms with Crippen LogP contribution in [0.1, 0.15) is 38.4 Å². The number of aryl methyl sites for hydroxylation is 1. The number of nitrogens with two attached hydrogens (primary N) is 1. The van der Waals surface area contributed by atoms with Gasteiger partial charge in [0, 0.05) is 19.0 Å². The summed E-state index contributed by atoms with van der Waals surface area (Å²) in [4.78, 5) is 21.2. The molecule has 0 aliphatic rings. The van der Waals surface area contributed by atoms with Gasteiger partial charge in [0.1, 0.15) is 5.69 Å². The van der Waals surface area contributed by atoms with Gasteiger partial charge in [-0.3, -0.25) is 14.9 Å². The summed E-state index contributed by atoms with van der Waals surface area (Å²) in [5.74, 6) is -0.00758. The van der Waals surface area contributed by atoms with Crippen LogP contribution >= 0.6 is 0 Å². The smallest absolute Gasteiger partial charge is 0.333 e. The van der Waals surface area contributed by atoms with Crippen molar-refractivity contribution in [2.24, 2.45) is 5.73 Å². The molecule has 19 heavy (non-hydrogen) atoms. The second-order valence-corrected chi connectivity index (χ2v) is 4.57. The van der Waals surface area contributed by atoms with Gasteiger partial charge >= 0.3 is 5.69 Å². The Morgan fingerprint density at radius 1 is 1.58 bits per heavy atom. The molecular weight excluding hydrogens is 250 g/mol. The first-order valence-corrected chi connectivity index (χ1v) is 6.10. The molecule has 0 spiro atoms. The SMILES string of the molecule is Cc1nn(C(C)C)c(NCCCC(N)=O)c1[N+](=O)[O-]. The first-order chi connectivity index (χ1) is 8.84. The second-order valence-electron chi connectivity index (χ2n) is 4.57. The number of hydrogen-bond acceptors (Lipinski definition) is 5. The molecular formula is C11H19N5O3. The Bertz CT molecular complexity index is 481. The first-order valence-electron chi connectivity index (χ1n) is 6.10. The van der Waals surface area contributed by atoms with E-state index in [-0.39, 0.29) is 24.1 Å². The van der Waals surface area contributed by atoms with Crippen LogP contribution in [0.2, 0.25) is 0 Å². The minimum Gasteiger partial charge on any atom is -0.370 e. The zero-order valence-electron chi connectivity index (χ0n) is 11.3. The number of rotatable bonds is 7. The molecule has 0 aliphatic carbocycles. The zero-order chi connectivity index (χ0) is 14.6. The molecule has 1 rings (SSSR count). The summed E-state index contributed by atoms with van der Waals surface area (Å²) in [6, 6.07) is 0.00559. The molecule has 0 unspecified atom stereocenters. The predicted molar refractivity (Wildman–Crippen MR) is 70.9 cm³/mol. The maximum atomic E-state index is 11.1. The van der Waals surface area contributed by atoms with Crippen LogP contribution in [0.4, 0.5) is 11.5 Å². The van der Waals surface area contributed by atoms with Gasteiger partial charge in [0.25, 0.3) is 0 Å². The summed E-state index contributed by atoms with van der Waals surface area (Å²) < 4.78 is 1.58. The molecule has 0 atom stereocenters. The molecule has 106 valence electrons. The molecule has 0 radical (unpaired) electrons. The fourth-order valence-corrected chi connectivity index (χ4v) is 1.77. The van der Waals surface area contributed by atoms with E-state index in [0.717, 1.165) is 0 Å². The number of amides is 1. The van der Waals surface area contributed by atoms with Gasteiger partial charge in [-0.25, -0.2) is 4.68 Å². The number of primary amides is 1. The molecule has 0 aromatic carbocycles. The number of carbonyl (C=O) groups excluding carboxylic acids is 1. The number of nitrogens with zero attached hydrogens (tertiary/aromatic N) is 3. The van der Waals surface area contributed by atoms with Crippen LogP contribution in [-0.2, 0) is 4.79 Å². The van der Waals surface area contributed by atoms with E-state index in [1.165, 1.54) is 0 Å². The highest BCUT2D eigenvalue weighted by Gasteiger charge is 2.26. The molecule has 0 bridgehead atoms. The third-order valence-electron chi connectivity index (χ3n) is 2.62. The fourth-order valence-electron chi connectivity index (χ4n) is 1.77. The molecule has 1 aromatic rings. The molecule has 0 aliphatic heterocycles. The molecule has 3 N–H and O–H groups in total. The zero-order valence-corrected chi connectivity index (χ0v) is 11.3. The van der Waals surface area contributed by atoms with Gasteiger partial charge in [-0.2, -0.15) is 5.10 Å². The number of nitrogens with one attached hydrogen (secondary N) is 1. The number of hydrogen-bond donors (Lipinski definition) is 2. The van der Waals surface area contributed by atoms with Crippen LogP contribution < -0.4 is 11.1 Å². The summed E-state index contributed by atoms with van der Waals surface area (Å²) in [6.07, 6.45) is 0.768. The van der Waals surface area contributed by atoms with Crippen LogP contribution in [0.15, 0.2) is 0 Å². The Morgan fingerprint density at radius 3 is 2.68 bits per heavy atom. The maximum absolute atomic E-state index is 11.1. The largest absolute Gasteiger partial charge is 0.370 e. The fraction of sp³-hybridized carbons (Fsp3) is 0.636. The molecule has 8 heteroatoms. The Kier molecular flexibility index (Phi) is 4.85. The van der Waals surface area contributed by atoms with E-state index in [4.69, 9.17) is 5.73 Å². The van der Waals surface area contributed by atoms with Gasteiger partial charge in [0.2, 0.25) is 11.7 Å². The highest BCUT2D eigenvalue weighted by atomic mass is 16.6. The topological polar surface area (TPSA) is 116 Å². The van der Waals surface area contributed by atoms with Gasteiger partial charge < -0.3 is 11.1 Å². The minimum absolute atomic E-state index is 0.00559. The number of carbonyl (C=O) groups is 1. The Balaban J connectivity index is 2.89. The predicted octanol–water partition coefficient (Wildman–Crippen LogP) is 1.36. The van der Waals surface area contributed by atoms with Crippen molar-refractivity contribution >= 4 is 17.4 Å². The van der Waals surface area contributed by atoms with E-state index in [1.807, 2.05) is 13.8 Å². The molecule has 1 amide bonds. The van der Waals surface area contributed by atoms with Gasteiger partial charge in [0.05, 0.1) is 4.92 Å². The number of anilines is 1. The van der Waals surface area contributed by atoms with Crippen LogP contribution in [0.3, 0.4) is 0 Å². The van der Waals surface area contributed by atoms with Crippen molar-refractivity contribution in [1.82, 2.24) is 9.78 Å². The Morgan fingerprint density at radius 2 is 2.21 bits per heavy atom. The minimum atomic E-state index is -0.447. The average Bonchev–Trinajstić information content (AvgIpc) is 2.61. The molecule has 0 saturated heterocycles. The normalized spacial score (nSPS) is 10.7. The van der Waals surface area contributed by atoms with E-state index in [1.54, 1.807) is 11.6 Å². The van der Waals surface area contributed by atoms with E-state index in [2.05, 4.69) is 10.4 Å². The summed E-state index contributed by atoms with van der Waals surface area (Å²) in [7, 11) is 0. The van der Waals surface area contributed by atoms with Crippen molar-refractivity contribution < 1.29 is 9.72 Å². The lowest BCUT2D eigenvalue weighted by Crippen LogP contribution is -2.15. The molecule has 0 saturated carbocycles. The summed E-state index contributed by atoms with van der Waals surface area (Å²) in [6.45, 7) is 5.82. The van der Waals surface area contributed by atoms with Crippen LogP contribution in [0.5, 0.6) is 0 Å². The van der Waals surface area contributed by atoms with E-state index in [0.29, 0.717) is 24.5 Å². The Labute approximate surface area is 111 Å². The third-order valence-corrected chi connectivity index (χ3v) is 2.62. The molecule has 1 heterocycles. The third kappa shape index (κ3) is 3.67. The molecule has 8 nitrogen and oxygen atoms in total. The molecule has 0 fully saturated rings. The highest BCUT2D eigenvalue weighted by Crippen LogP contribution is 2.30. The van der Waals surface area contributed by atoms with Crippen LogP contribution in [0, 0.1) is 17.0 Å². The summed E-state index contributed by atoms with van der Waals surface area (Å²) >= 11 is 0. The van der Waals surface area contributed by atoms with Crippen molar-refractivity contribution in [2.45, 2.75) is 39.7 Å². The Hall–Kier alpha value is -2.12. The monoisotopic (exact) mass is 269 g/mol. The second kappa shape index (κ2) is 6.17. The van der Waals surface area contributed by atoms with Gasteiger partial charge in [-0.15, -0.1) is 0 Å². The average molecular weight is 269 g/mol. The van der Waals surface area contributed by atoms with Crippen molar-refractivity contribution in [1.29, 1.82) is 0 Å². The maximum Gasteiger partial charge on any atom is 0.333 e. The number of nitro groups is 1. The van der Waals surface area contributed by atoms with Crippen molar-refractivity contribution in [2.75, 3.05) is 11.9 Å². The highest BCUT2D eigenvalue weighted by molar-refractivity contribution is 5.73. The lowest BCUT2D eigenvalue weighted by atomic mass is 10.3. The van der Waals surface area contributed by atoms with E-state index in [9.17, 15) is 14.9 Å². The lowest BCUT2D eigenvalue weighted by molar-refractivity contribution is -0.384. The summed E-state index contributed by atoms with van der Waals surface area (Å²) in [5, 5.41) is 18.2. The van der Waals surface area contributed by atoms with Crippen molar-refractivity contribution in [3.05, 3.63) is 15.8 Å². The lowest BCUT2D eigenvalue weighted by Gasteiger charge is -2.11. The quantitative estimate of drug-likeness (QED) is 0.440. The van der Waals surface area contributed by atoms with Gasteiger partial charge in [-0.1, -0.05) is 0 Å².